The van der Waals surface area contributed by atoms with Crippen molar-refractivity contribution in [3.05, 3.63) is 29.3 Å². The fraction of sp³-hybridized carbons (Fsp3) is 0.842. The van der Waals surface area contributed by atoms with Crippen molar-refractivity contribution in [2.45, 2.75) is 206 Å². The van der Waals surface area contributed by atoms with E-state index < -0.39 is 6.12 Å². The zero-order chi connectivity index (χ0) is 31.3. The smallest absolute Gasteiger partial charge is 0.682 e. The Labute approximate surface area is 299 Å². The fourth-order valence-electron chi connectivity index (χ4n) is 6.20. The van der Waals surface area contributed by atoms with Gasteiger partial charge < -0.3 is 33.9 Å². The minimum absolute atomic E-state index is 0. The normalized spacial score (nSPS) is 11.6. The van der Waals surface area contributed by atoms with E-state index in [4.69, 9.17) is 29.0 Å². The molecule has 0 aliphatic rings. The molecule has 0 bridgehead atoms. The van der Waals surface area contributed by atoms with Gasteiger partial charge in [-0.05, 0) is 42.9 Å². The van der Waals surface area contributed by atoms with Crippen LogP contribution in [0.1, 0.15) is 205 Å². The van der Waals surface area contributed by atoms with E-state index in [9.17, 15) is 4.89 Å². The summed E-state index contributed by atoms with van der Waals surface area (Å²) in [4.78, 5) is 12.2. The minimum Gasteiger partial charge on any atom is -0.682 e. The number of hydrogen-bond acceptors (Lipinski definition) is 4. The molecule has 0 saturated carbocycles. The van der Waals surface area contributed by atoms with E-state index in [2.05, 4.69) is 32.0 Å². The van der Waals surface area contributed by atoms with Gasteiger partial charge in [0.25, 0.3) is 0 Å². The molecule has 2 nitrogen and oxygen atoms in total. The maximum Gasteiger partial charge on any atom is 2.00 e. The van der Waals surface area contributed by atoms with Crippen molar-refractivity contribution in [1.29, 1.82) is 0 Å². The summed E-state index contributed by atoms with van der Waals surface area (Å²) in [5.41, 5.74) is 2.36. The van der Waals surface area contributed by atoms with Crippen LogP contribution in [0, 0.1) is 0 Å². The van der Waals surface area contributed by atoms with Gasteiger partial charge in [0.1, 0.15) is 0 Å². The van der Waals surface area contributed by atoms with Gasteiger partial charge in [0.2, 0.25) is 0 Å². The molecule has 0 spiro atoms. The van der Waals surface area contributed by atoms with E-state index in [1.165, 1.54) is 179 Å². The van der Waals surface area contributed by atoms with Crippen molar-refractivity contribution in [3.63, 3.8) is 0 Å². The van der Waals surface area contributed by atoms with E-state index in [0.717, 1.165) is 24.8 Å². The molecule has 0 heterocycles. The SMILES string of the molecule is CCCCCCCCCCCCCCCCc1ccc(CCCCCCCCCCCCCCCC)c(O[P+]([O-])([S-])[S-])c1.[Zn+2]. The summed E-state index contributed by atoms with van der Waals surface area (Å²) in [7, 11) is 0. The average Bonchev–Trinajstić information content (AvgIpc) is 2.97. The average molecular weight is 718 g/mol. The van der Waals surface area contributed by atoms with Crippen LogP contribution in [0.5, 0.6) is 5.75 Å². The summed E-state index contributed by atoms with van der Waals surface area (Å²) < 4.78 is 5.65. The van der Waals surface area contributed by atoms with Gasteiger partial charge in [0, 0.05) is 0 Å². The minimum atomic E-state index is -3.40. The van der Waals surface area contributed by atoms with Crippen LogP contribution in [0.2, 0.25) is 0 Å². The summed E-state index contributed by atoms with van der Waals surface area (Å²) in [6.07, 6.45) is 36.8. The molecule has 252 valence electrons. The van der Waals surface area contributed by atoms with Crippen molar-refractivity contribution in [3.8, 4) is 5.75 Å². The molecule has 6 heteroatoms. The molecule has 0 unspecified atom stereocenters. The van der Waals surface area contributed by atoms with Crippen LogP contribution in [0.15, 0.2) is 18.2 Å². The summed E-state index contributed by atoms with van der Waals surface area (Å²) in [6.45, 7) is 4.57. The molecule has 0 aromatic heterocycles. The van der Waals surface area contributed by atoms with Gasteiger partial charge in [-0.25, -0.2) is 0 Å². The Balaban J connectivity index is 0.0000185. The molecule has 0 amide bonds. The zero-order valence-corrected chi connectivity index (χ0v) is 34.7. The third-order valence-corrected chi connectivity index (χ3v) is 9.83. The third kappa shape index (κ3) is 28.9. The van der Waals surface area contributed by atoms with Crippen LogP contribution < -0.4 is 9.42 Å². The Hall–Kier alpha value is 0.733. The molecule has 0 aliphatic carbocycles. The molecule has 0 saturated heterocycles. The molecule has 0 fully saturated rings. The van der Waals surface area contributed by atoms with Gasteiger partial charge in [0.15, 0.2) is 5.75 Å². The van der Waals surface area contributed by atoms with Gasteiger partial charge in [0.05, 0.1) is 0 Å². The van der Waals surface area contributed by atoms with Gasteiger partial charge in [-0.1, -0.05) is 193 Å². The van der Waals surface area contributed by atoms with Gasteiger partial charge >= 0.3 is 19.5 Å². The van der Waals surface area contributed by atoms with E-state index in [1.807, 2.05) is 0 Å². The van der Waals surface area contributed by atoms with E-state index >= 15 is 0 Å². The van der Waals surface area contributed by atoms with E-state index in [1.54, 1.807) is 0 Å². The van der Waals surface area contributed by atoms with Gasteiger partial charge in [-0.15, -0.1) is 6.12 Å². The van der Waals surface area contributed by atoms with E-state index in [-0.39, 0.29) is 19.5 Å². The van der Waals surface area contributed by atoms with Gasteiger partial charge in [-0.2, -0.15) is 0 Å². The topological polar surface area (TPSA) is 32.3 Å². The first-order chi connectivity index (χ1) is 21.0. The molecule has 0 radical (unpaired) electrons. The maximum absolute atomic E-state index is 12.2. The number of benzene rings is 1. The van der Waals surface area contributed by atoms with Crippen LogP contribution in [0.25, 0.3) is 0 Å². The zero-order valence-electron chi connectivity index (χ0n) is 29.2. The second-order valence-corrected chi connectivity index (χ2v) is 17.8. The summed E-state index contributed by atoms with van der Waals surface area (Å²) in [6, 6.07) is 6.45. The fourth-order valence-corrected chi connectivity index (χ4v) is 7.09. The van der Waals surface area contributed by atoms with Crippen LogP contribution in [-0.2, 0) is 56.8 Å². The number of hydrogen-bond donors (Lipinski definition) is 0. The van der Waals surface area contributed by atoms with Crippen molar-refractivity contribution in [1.82, 2.24) is 0 Å². The molecule has 0 atom stereocenters. The molecule has 1 aromatic carbocycles. The van der Waals surface area contributed by atoms with Crippen LogP contribution in [0.4, 0.5) is 0 Å². The Morgan fingerprint density at radius 1 is 0.500 bits per heavy atom. The largest absolute Gasteiger partial charge is 2.00 e. The Morgan fingerprint density at radius 2 is 0.818 bits per heavy atom. The van der Waals surface area contributed by atoms with Crippen molar-refractivity contribution < 1.29 is 28.9 Å². The number of unbranched alkanes of at least 4 members (excludes halogenated alkanes) is 26. The Bertz CT molecular complexity index is 744. The number of aryl methyl sites for hydroxylation is 2. The molecular formula is C38H69O2PS2Zn. The van der Waals surface area contributed by atoms with Crippen LogP contribution in [-0.4, -0.2) is 0 Å². The van der Waals surface area contributed by atoms with E-state index in [0.29, 0.717) is 5.75 Å². The molecule has 1 aromatic rings. The molecule has 0 aliphatic heterocycles. The third-order valence-electron chi connectivity index (χ3n) is 8.96. The first-order valence-electron chi connectivity index (χ1n) is 18.8. The standard InChI is InChI=1S/C38H71O2PS2.Zn/c1-3-5-7-9-11-13-15-17-19-21-23-25-27-29-31-36-33-34-37(38(35-36)40-41(39,42)43)32-30-28-26-24-22-20-18-16-14-12-10-8-6-4-2;/h33-35H,3-32H2,1-2H3,(H2,39,42,43);/q;+2/p-2. The Morgan fingerprint density at radius 3 is 1.16 bits per heavy atom. The quantitative estimate of drug-likeness (QED) is 0.0321. The summed E-state index contributed by atoms with van der Waals surface area (Å²) in [5.74, 6) is 0.672. The summed E-state index contributed by atoms with van der Waals surface area (Å²) in [5, 5.41) is 0. The first-order valence-corrected chi connectivity index (χ1v) is 22.4. The molecular weight excluding hydrogens is 649 g/mol. The molecule has 0 N–H and O–H groups in total. The summed E-state index contributed by atoms with van der Waals surface area (Å²) >= 11 is 9.93. The molecule has 44 heavy (non-hydrogen) atoms. The molecule has 1 rings (SSSR count). The van der Waals surface area contributed by atoms with Crippen LogP contribution >= 0.6 is 6.12 Å². The van der Waals surface area contributed by atoms with Crippen molar-refractivity contribution in [2.24, 2.45) is 0 Å². The second kappa shape index (κ2) is 32.3. The monoisotopic (exact) mass is 716 g/mol. The first kappa shape index (κ1) is 44.7. The van der Waals surface area contributed by atoms with Crippen molar-refractivity contribution in [2.75, 3.05) is 0 Å². The Kier molecular flexibility index (Phi) is 32.8. The predicted molar refractivity (Wildman–Crippen MR) is 197 cm³/mol. The van der Waals surface area contributed by atoms with Crippen molar-refractivity contribution >= 4 is 30.6 Å². The van der Waals surface area contributed by atoms with Crippen LogP contribution in [0.3, 0.4) is 0 Å². The van der Waals surface area contributed by atoms with Gasteiger partial charge in [-0.3, -0.25) is 0 Å². The maximum atomic E-state index is 12.2. The number of rotatable bonds is 32. The predicted octanol–water partition coefficient (Wildman–Crippen LogP) is 13.2. The second-order valence-electron chi connectivity index (χ2n) is 13.2.